The number of nitrogens with zero attached hydrogens (tertiary/aromatic N) is 1. The lowest BCUT2D eigenvalue weighted by Gasteiger charge is -2.09. The molecule has 0 fully saturated rings. The average molecular weight is 298 g/mol. The Morgan fingerprint density at radius 2 is 2.05 bits per heavy atom. The van der Waals surface area contributed by atoms with Crippen LogP contribution in [0.1, 0.15) is 15.8 Å². The van der Waals surface area contributed by atoms with Crippen LogP contribution >= 0.6 is 22.9 Å². The van der Waals surface area contributed by atoms with Gasteiger partial charge in [0.25, 0.3) is 5.69 Å². The summed E-state index contributed by atoms with van der Waals surface area (Å²) in [6.45, 7) is 0. The molecule has 0 spiro atoms. The fraction of sp³-hybridized carbons (Fsp3) is 0.231. The van der Waals surface area contributed by atoms with E-state index in [1.165, 1.54) is 12.1 Å². The zero-order valence-corrected chi connectivity index (χ0v) is 11.8. The Labute approximate surface area is 119 Å². The zero-order valence-electron chi connectivity index (χ0n) is 10.2. The van der Waals surface area contributed by atoms with Gasteiger partial charge in [0.05, 0.1) is 22.3 Å². The summed E-state index contributed by atoms with van der Waals surface area (Å²) in [5.41, 5.74) is 1.05. The van der Waals surface area contributed by atoms with Gasteiger partial charge in [0.1, 0.15) is 5.75 Å². The van der Waals surface area contributed by atoms with Crippen LogP contribution in [-0.2, 0) is 6.42 Å². The minimum atomic E-state index is -0.412. The summed E-state index contributed by atoms with van der Waals surface area (Å²) in [7, 11) is 1.61. The van der Waals surface area contributed by atoms with E-state index in [1.807, 2.05) is 11.4 Å². The highest BCUT2D eigenvalue weighted by Gasteiger charge is 2.16. The molecule has 100 valence electrons. The molecule has 4 nitrogen and oxygen atoms in total. The normalized spacial score (nSPS) is 12.1. The maximum Gasteiger partial charge on any atom is 0.269 e. The summed E-state index contributed by atoms with van der Waals surface area (Å²) in [6, 6.07) is 8.32. The average Bonchev–Trinajstić information content (AvgIpc) is 2.87. The monoisotopic (exact) mass is 297 g/mol. The van der Waals surface area contributed by atoms with E-state index in [4.69, 9.17) is 16.3 Å². The molecule has 2 aromatic rings. The molecular weight excluding hydrogens is 286 g/mol. The van der Waals surface area contributed by atoms with Crippen LogP contribution in [0.2, 0.25) is 0 Å². The number of hydrogen-bond donors (Lipinski definition) is 0. The van der Waals surface area contributed by atoms with Crippen molar-refractivity contribution in [3.63, 3.8) is 0 Å². The van der Waals surface area contributed by atoms with E-state index in [0.29, 0.717) is 6.42 Å². The standard InChI is InChI=1S/C13H12ClNO3S/c1-18-12-6-7-19-13(12)11(14)8-9-2-4-10(5-3-9)15(16)17/h2-7,11H,8H2,1H3. The highest BCUT2D eigenvalue weighted by atomic mass is 35.5. The summed E-state index contributed by atoms with van der Waals surface area (Å²) in [4.78, 5) is 11.1. The lowest BCUT2D eigenvalue weighted by molar-refractivity contribution is -0.384. The van der Waals surface area contributed by atoms with Crippen molar-refractivity contribution >= 4 is 28.6 Å². The summed E-state index contributed by atoms with van der Waals surface area (Å²) >= 11 is 7.91. The van der Waals surface area contributed by atoms with Crippen LogP contribution < -0.4 is 4.74 Å². The Morgan fingerprint density at radius 3 is 2.63 bits per heavy atom. The molecular formula is C13H12ClNO3S. The zero-order chi connectivity index (χ0) is 13.8. The summed E-state index contributed by atoms with van der Waals surface area (Å²) in [5.74, 6) is 0.784. The van der Waals surface area contributed by atoms with Crippen LogP contribution in [0.3, 0.4) is 0 Å². The van der Waals surface area contributed by atoms with Crippen molar-refractivity contribution in [2.75, 3.05) is 7.11 Å². The third-order valence-corrected chi connectivity index (χ3v) is 4.24. The second-order valence-electron chi connectivity index (χ2n) is 3.95. The lowest BCUT2D eigenvalue weighted by Crippen LogP contribution is -1.96. The van der Waals surface area contributed by atoms with E-state index in [9.17, 15) is 10.1 Å². The smallest absolute Gasteiger partial charge is 0.269 e. The van der Waals surface area contributed by atoms with Crippen LogP contribution in [0.25, 0.3) is 0 Å². The molecule has 1 unspecified atom stereocenters. The number of ether oxygens (including phenoxy) is 1. The third-order valence-electron chi connectivity index (χ3n) is 2.72. The number of thiophene rings is 1. The van der Waals surface area contributed by atoms with Crippen LogP contribution in [-0.4, -0.2) is 12.0 Å². The van der Waals surface area contributed by atoms with Gasteiger partial charge in [0.2, 0.25) is 0 Å². The first-order valence-electron chi connectivity index (χ1n) is 5.60. The number of benzene rings is 1. The minimum absolute atomic E-state index is 0.0866. The van der Waals surface area contributed by atoms with E-state index in [2.05, 4.69) is 0 Å². The van der Waals surface area contributed by atoms with Crippen LogP contribution in [0.4, 0.5) is 5.69 Å². The largest absolute Gasteiger partial charge is 0.496 e. The molecule has 0 saturated heterocycles. The second kappa shape index (κ2) is 6.04. The number of alkyl halides is 1. The Balaban J connectivity index is 2.10. The molecule has 0 aliphatic heterocycles. The Hall–Kier alpha value is -1.59. The molecule has 0 N–H and O–H groups in total. The van der Waals surface area contributed by atoms with Crippen molar-refractivity contribution in [3.05, 3.63) is 56.3 Å². The minimum Gasteiger partial charge on any atom is -0.496 e. The van der Waals surface area contributed by atoms with Gasteiger partial charge in [-0.3, -0.25) is 10.1 Å². The number of halogens is 1. The van der Waals surface area contributed by atoms with Crippen molar-refractivity contribution in [1.29, 1.82) is 0 Å². The van der Waals surface area contributed by atoms with Gasteiger partial charge in [-0.15, -0.1) is 22.9 Å². The van der Waals surface area contributed by atoms with E-state index in [1.54, 1.807) is 30.6 Å². The number of methoxy groups -OCH3 is 1. The van der Waals surface area contributed by atoms with Crippen LogP contribution in [0, 0.1) is 10.1 Å². The first kappa shape index (κ1) is 13.8. The van der Waals surface area contributed by atoms with Gasteiger partial charge >= 0.3 is 0 Å². The van der Waals surface area contributed by atoms with Crippen molar-refractivity contribution in [2.24, 2.45) is 0 Å². The molecule has 1 aromatic heterocycles. The van der Waals surface area contributed by atoms with Gasteiger partial charge in [-0.2, -0.15) is 0 Å². The summed E-state index contributed by atoms with van der Waals surface area (Å²) < 4.78 is 5.23. The van der Waals surface area contributed by atoms with Gasteiger partial charge in [-0.05, 0) is 23.4 Å². The van der Waals surface area contributed by atoms with Crippen molar-refractivity contribution in [2.45, 2.75) is 11.8 Å². The quantitative estimate of drug-likeness (QED) is 0.472. The summed E-state index contributed by atoms with van der Waals surface area (Å²) in [5, 5.41) is 12.3. The number of nitro benzene ring substituents is 1. The molecule has 0 radical (unpaired) electrons. The van der Waals surface area contributed by atoms with Crippen LogP contribution in [0.15, 0.2) is 35.7 Å². The Kier molecular flexibility index (Phi) is 4.39. The molecule has 19 heavy (non-hydrogen) atoms. The maximum atomic E-state index is 10.6. The molecule has 0 bridgehead atoms. The molecule has 0 aliphatic rings. The van der Waals surface area contributed by atoms with E-state index in [-0.39, 0.29) is 11.1 Å². The third kappa shape index (κ3) is 3.24. The number of non-ortho nitro benzene ring substituents is 1. The topological polar surface area (TPSA) is 52.4 Å². The molecule has 1 atom stereocenters. The predicted octanol–water partition coefficient (Wildman–Crippen LogP) is 4.19. The number of nitro groups is 1. The Morgan fingerprint density at radius 1 is 1.37 bits per heavy atom. The van der Waals surface area contributed by atoms with E-state index in [0.717, 1.165) is 16.2 Å². The maximum absolute atomic E-state index is 10.6. The molecule has 1 aromatic carbocycles. The molecule has 6 heteroatoms. The summed E-state index contributed by atoms with van der Waals surface area (Å²) in [6.07, 6.45) is 0.608. The highest BCUT2D eigenvalue weighted by Crippen LogP contribution is 2.36. The molecule has 0 saturated carbocycles. The Bertz CT molecular complexity index is 568. The van der Waals surface area contributed by atoms with Gasteiger partial charge in [-0.25, -0.2) is 0 Å². The first-order valence-corrected chi connectivity index (χ1v) is 6.92. The van der Waals surface area contributed by atoms with Gasteiger partial charge in [0.15, 0.2) is 0 Å². The van der Waals surface area contributed by atoms with Gasteiger partial charge in [0, 0.05) is 12.1 Å². The lowest BCUT2D eigenvalue weighted by atomic mass is 10.1. The van der Waals surface area contributed by atoms with Gasteiger partial charge in [-0.1, -0.05) is 12.1 Å². The highest BCUT2D eigenvalue weighted by molar-refractivity contribution is 7.10. The van der Waals surface area contributed by atoms with Crippen LogP contribution in [0.5, 0.6) is 5.75 Å². The van der Waals surface area contributed by atoms with Crippen molar-refractivity contribution in [3.8, 4) is 5.75 Å². The first-order chi connectivity index (χ1) is 9.11. The fourth-order valence-corrected chi connectivity index (χ4v) is 3.04. The van der Waals surface area contributed by atoms with Gasteiger partial charge < -0.3 is 4.74 Å². The molecule has 0 aliphatic carbocycles. The van der Waals surface area contributed by atoms with Crippen molar-refractivity contribution < 1.29 is 9.66 Å². The predicted molar refractivity (Wildman–Crippen MR) is 76.3 cm³/mol. The molecule has 0 amide bonds. The SMILES string of the molecule is COc1ccsc1C(Cl)Cc1ccc([N+](=O)[O-])cc1. The number of rotatable bonds is 5. The molecule has 1 heterocycles. The fourth-order valence-electron chi connectivity index (χ4n) is 1.76. The molecule has 2 rings (SSSR count). The second-order valence-corrected chi connectivity index (χ2v) is 5.42. The van der Waals surface area contributed by atoms with E-state index >= 15 is 0 Å². The van der Waals surface area contributed by atoms with E-state index < -0.39 is 4.92 Å². The van der Waals surface area contributed by atoms with Crippen molar-refractivity contribution in [1.82, 2.24) is 0 Å². The number of hydrogen-bond acceptors (Lipinski definition) is 4.